The molecule has 35 heavy (non-hydrogen) atoms. The van der Waals surface area contributed by atoms with Gasteiger partial charge in [0.1, 0.15) is 5.57 Å². The van der Waals surface area contributed by atoms with Crippen molar-refractivity contribution in [3.05, 3.63) is 64.9 Å². The molecule has 2 aliphatic rings. The second-order valence-corrected chi connectivity index (χ2v) is 11.1. The van der Waals surface area contributed by atoms with E-state index in [-0.39, 0.29) is 40.6 Å². The van der Waals surface area contributed by atoms with E-state index >= 15 is 0 Å². The molecule has 0 unspecified atom stereocenters. The average Bonchev–Trinajstić information content (AvgIpc) is 3.03. The van der Waals surface area contributed by atoms with Gasteiger partial charge in [-0.2, -0.15) is 0 Å². The number of carboxylic acid groups (broad SMARTS) is 1. The molecule has 2 aromatic carbocycles. The molecular formula is C25H24ClNO7S. The number of carbonyl (C=O) groups is 2. The normalized spacial score (nSPS) is 18.1. The Bertz CT molecular complexity index is 1370. The third kappa shape index (κ3) is 4.71. The number of piperidine rings is 1. The maximum Gasteiger partial charge on any atom is 0.343 e. The Kier molecular flexibility index (Phi) is 6.52. The molecule has 0 radical (unpaired) electrons. The number of aliphatic hydroxyl groups excluding tert-OH is 1. The number of ether oxygens (including phenoxy) is 1. The van der Waals surface area contributed by atoms with Crippen molar-refractivity contribution in [2.45, 2.75) is 23.3 Å². The van der Waals surface area contributed by atoms with Crippen LogP contribution in [-0.2, 0) is 24.2 Å². The highest BCUT2D eigenvalue weighted by Gasteiger charge is 2.50. The lowest BCUT2D eigenvalue weighted by Crippen LogP contribution is -2.47. The molecule has 8 nitrogen and oxygen atoms in total. The van der Waals surface area contributed by atoms with E-state index in [0.29, 0.717) is 35.3 Å². The SMILES string of the molecule is C=Cc1cc(-c2cccc(S(C)(=O)=O)c2)c(Cl)cc1C1=C(O)C2(CCN(CC(=O)O)CC2)OC1=O. The van der Waals surface area contributed by atoms with Gasteiger partial charge in [-0.05, 0) is 35.4 Å². The highest BCUT2D eigenvalue weighted by Crippen LogP contribution is 2.45. The van der Waals surface area contributed by atoms with E-state index in [2.05, 4.69) is 6.58 Å². The Morgan fingerprint density at radius 1 is 1.23 bits per heavy atom. The fourth-order valence-electron chi connectivity index (χ4n) is 4.53. The second-order valence-electron chi connectivity index (χ2n) is 8.70. The van der Waals surface area contributed by atoms with Gasteiger partial charge >= 0.3 is 11.9 Å². The summed E-state index contributed by atoms with van der Waals surface area (Å²) in [6.07, 6.45) is 3.16. The lowest BCUT2D eigenvalue weighted by atomic mass is 9.86. The molecule has 2 N–H and O–H groups in total. The number of carbonyl (C=O) groups excluding carboxylic acids is 1. The summed E-state index contributed by atoms with van der Waals surface area (Å²) in [4.78, 5) is 25.8. The number of sulfone groups is 1. The molecule has 1 saturated heterocycles. The zero-order chi connectivity index (χ0) is 25.5. The monoisotopic (exact) mass is 517 g/mol. The summed E-state index contributed by atoms with van der Waals surface area (Å²) >= 11 is 6.58. The van der Waals surface area contributed by atoms with Crippen LogP contribution < -0.4 is 0 Å². The zero-order valence-corrected chi connectivity index (χ0v) is 20.5. The lowest BCUT2D eigenvalue weighted by Gasteiger charge is -2.37. The van der Waals surface area contributed by atoms with E-state index in [1.54, 1.807) is 23.1 Å². The van der Waals surface area contributed by atoms with Crippen molar-refractivity contribution in [2.24, 2.45) is 0 Å². The Morgan fingerprint density at radius 2 is 1.91 bits per heavy atom. The fourth-order valence-corrected chi connectivity index (χ4v) is 5.47. The van der Waals surface area contributed by atoms with Crippen LogP contribution in [0.2, 0.25) is 5.02 Å². The van der Waals surface area contributed by atoms with Crippen molar-refractivity contribution in [1.29, 1.82) is 0 Å². The highest BCUT2D eigenvalue weighted by molar-refractivity contribution is 7.90. The first-order chi connectivity index (χ1) is 16.4. The van der Waals surface area contributed by atoms with E-state index in [4.69, 9.17) is 21.4 Å². The summed E-state index contributed by atoms with van der Waals surface area (Å²) in [6.45, 7) is 4.39. The predicted octanol–water partition coefficient (Wildman–Crippen LogP) is 3.80. The van der Waals surface area contributed by atoms with Crippen LogP contribution in [-0.4, -0.2) is 67.0 Å². The van der Waals surface area contributed by atoms with E-state index in [0.717, 1.165) is 6.26 Å². The largest absolute Gasteiger partial charge is 0.507 e. The third-order valence-electron chi connectivity index (χ3n) is 6.38. The molecular weight excluding hydrogens is 494 g/mol. The number of hydrogen-bond acceptors (Lipinski definition) is 7. The quantitative estimate of drug-likeness (QED) is 0.555. The molecule has 2 aliphatic heterocycles. The first-order valence-electron chi connectivity index (χ1n) is 10.8. The van der Waals surface area contributed by atoms with Gasteiger partial charge < -0.3 is 14.9 Å². The lowest BCUT2D eigenvalue weighted by molar-refractivity contribution is -0.152. The number of esters is 1. The molecule has 2 heterocycles. The first-order valence-corrected chi connectivity index (χ1v) is 13.1. The standard InChI is InChI=1S/C25H24ClNO7S/c1-3-15-12-18(16-5-4-6-17(11-16)35(2,32)33)20(26)13-19(15)22-23(30)25(34-24(22)31)7-9-27(10-8-25)14-21(28)29/h3-6,11-13,30H,1,7-10,14H2,2H3,(H,28,29). The minimum absolute atomic E-state index is 0.00933. The summed E-state index contributed by atoms with van der Waals surface area (Å²) in [7, 11) is -3.43. The fraction of sp³-hybridized carbons (Fsp3) is 0.280. The van der Waals surface area contributed by atoms with Crippen LogP contribution in [0.1, 0.15) is 24.0 Å². The molecule has 0 aliphatic carbocycles. The highest BCUT2D eigenvalue weighted by atomic mass is 35.5. The number of benzene rings is 2. The number of aliphatic carboxylic acids is 1. The van der Waals surface area contributed by atoms with Crippen LogP contribution in [0.4, 0.5) is 0 Å². The minimum Gasteiger partial charge on any atom is -0.507 e. The smallest absolute Gasteiger partial charge is 0.343 e. The molecule has 0 saturated carbocycles. The Balaban J connectivity index is 1.74. The van der Waals surface area contributed by atoms with E-state index < -0.39 is 27.4 Å². The van der Waals surface area contributed by atoms with Crippen LogP contribution in [0.5, 0.6) is 0 Å². The number of carboxylic acids is 1. The van der Waals surface area contributed by atoms with E-state index in [1.807, 2.05) is 0 Å². The van der Waals surface area contributed by atoms with Crippen molar-refractivity contribution in [2.75, 3.05) is 25.9 Å². The van der Waals surface area contributed by atoms with Crippen LogP contribution in [0.15, 0.2) is 53.6 Å². The van der Waals surface area contributed by atoms with Crippen molar-refractivity contribution >= 4 is 45.0 Å². The van der Waals surface area contributed by atoms with Gasteiger partial charge in [0.25, 0.3) is 0 Å². The molecule has 1 fully saturated rings. The van der Waals surface area contributed by atoms with Crippen LogP contribution in [0.25, 0.3) is 22.8 Å². The molecule has 0 atom stereocenters. The van der Waals surface area contributed by atoms with E-state index in [1.165, 1.54) is 24.3 Å². The number of likely N-dealkylation sites (tertiary alicyclic amines) is 1. The predicted molar refractivity (Wildman–Crippen MR) is 132 cm³/mol. The Labute approximate surface area is 208 Å². The zero-order valence-electron chi connectivity index (χ0n) is 19.0. The Hall–Kier alpha value is -3.14. The van der Waals surface area contributed by atoms with Crippen LogP contribution >= 0.6 is 11.6 Å². The second kappa shape index (κ2) is 9.14. The van der Waals surface area contributed by atoms with Crippen LogP contribution in [0.3, 0.4) is 0 Å². The van der Waals surface area contributed by atoms with Crippen molar-refractivity contribution in [3.8, 4) is 11.1 Å². The summed E-state index contributed by atoms with van der Waals surface area (Å²) in [5.41, 5.74) is 0.744. The van der Waals surface area contributed by atoms with Gasteiger partial charge in [-0.15, -0.1) is 0 Å². The molecule has 0 bridgehead atoms. The van der Waals surface area contributed by atoms with Gasteiger partial charge in [0, 0.05) is 48.3 Å². The maximum atomic E-state index is 12.9. The minimum atomic E-state index is -3.43. The van der Waals surface area contributed by atoms with Crippen molar-refractivity contribution in [3.63, 3.8) is 0 Å². The van der Waals surface area contributed by atoms with Crippen molar-refractivity contribution < 1.29 is 33.0 Å². The van der Waals surface area contributed by atoms with Gasteiger partial charge in [0.05, 0.1) is 11.4 Å². The van der Waals surface area contributed by atoms with E-state index in [9.17, 15) is 23.1 Å². The molecule has 184 valence electrons. The Morgan fingerprint density at radius 3 is 2.51 bits per heavy atom. The molecule has 0 aromatic heterocycles. The van der Waals surface area contributed by atoms with Crippen molar-refractivity contribution in [1.82, 2.24) is 4.90 Å². The topological polar surface area (TPSA) is 121 Å². The molecule has 0 amide bonds. The van der Waals surface area contributed by atoms with Gasteiger partial charge in [0.2, 0.25) is 0 Å². The number of rotatable bonds is 6. The number of nitrogens with zero attached hydrogens (tertiary/aromatic N) is 1. The third-order valence-corrected chi connectivity index (χ3v) is 7.81. The average molecular weight is 518 g/mol. The maximum absolute atomic E-state index is 12.9. The number of halogens is 1. The number of hydrogen-bond donors (Lipinski definition) is 2. The molecule has 10 heteroatoms. The first kappa shape index (κ1) is 25.0. The molecule has 2 aromatic rings. The summed E-state index contributed by atoms with van der Waals surface area (Å²) < 4.78 is 29.6. The van der Waals surface area contributed by atoms with Gasteiger partial charge in [0.15, 0.2) is 21.2 Å². The van der Waals surface area contributed by atoms with Gasteiger partial charge in [-0.25, -0.2) is 13.2 Å². The van der Waals surface area contributed by atoms with Gasteiger partial charge in [-0.1, -0.05) is 36.4 Å². The summed E-state index contributed by atoms with van der Waals surface area (Å²) in [5.74, 6) is -1.85. The van der Waals surface area contributed by atoms with Gasteiger partial charge in [-0.3, -0.25) is 9.69 Å². The molecule has 1 spiro atoms. The summed E-state index contributed by atoms with van der Waals surface area (Å²) in [5, 5.41) is 20.4. The number of aliphatic hydroxyl groups is 1. The van der Waals surface area contributed by atoms with Crippen LogP contribution in [0, 0.1) is 0 Å². The molecule has 4 rings (SSSR count). The summed E-state index contributed by atoms with van der Waals surface area (Å²) in [6, 6.07) is 9.57.